The molecule has 0 saturated heterocycles. The molecule has 0 aliphatic carbocycles. The van der Waals surface area contributed by atoms with E-state index >= 15 is 0 Å². The molecule has 0 radical (unpaired) electrons. The quantitative estimate of drug-likeness (QED) is 0.649. The molecule has 3 aromatic rings. The second-order valence-electron chi connectivity index (χ2n) is 5.30. The summed E-state index contributed by atoms with van der Waals surface area (Å²) in [5, 5.41) is 2.65. The highest BCUT2D eigenvalue weighted by molar-refractivity contribution is 7.92. The lowest BCUT2D eigenvalue weighted by molar-refractivity contribution is -0.111. The van der Waals surface area contributed by atoms with Crippen molar-refractivity contribution in [1.82, 2.24) is 0 Å². The Balaban J connectivity index is 1.77. The van der Waals surface area contributed by atoms with Crippen LogP contribution in [0.25, 0.3) is 6.08 Å². The van der Waals surface area contributed by atoms with Crippen LogP contribution >= 0.6 is 0 Å². The fourth-order valence-corrected chi connectivity index (χ4v) is 3.30. The fraction of sp³-hybridized carbons (Fsp3) is 0. The summed E-state index contributed by atoms with van der Waals surface area (Å²) in [4.78, 5) is 12.2. The van der Waals surface area contributed by atoms with E-state index in [2.05, 4.69) is 10.0 Å². The highest BCUT2D eigenvalue weighted by Crippen LogP contribution is 2.24. The van der Waals surface area contributed by atoms with Crippen molar-refractivity contribution in [2.75, 3.05) is 10.0 Å². The van der Waals surface area contributed by atoms with Crippen LogP contribution in [-0.4, -0.2) is 14.3 Å². The fourth-order valence-electron chi connectivity index (χ4n) is 2.20. The van der Waals surface area contributed by atoms with E-state index in [1.807, 2.05) is 0 Å². The van der Waals surface area contributed by atoms with Crippen molar-refractivity contribution in [2.45, 2.75) is 4.90 Å². The molecule has 2 N–H and O–H groups in total. The van der Waals surface area contributed by atoms with Crippen molar-refractivity contribution in [2.24, 2.45) is 0 Å². The average molecular weight is 368 g/mol. The van der Waals surface area contributed by atoms with Crippen LogP contribution in [0, 0.1) is 0 Å². The molecule has 0 atom stereocenters. The number of amides is 1. The van der Waals surface area contributed by atoms with Gasteiger partial charge in [-0.25, -0.2) is 8.42 Å². The molecule has 0 unspecified atom stereocenters. The number of carbonyl (C=O) groups excluding carboxylic acids is 1. The van der Waals surface area contributed by atoms with Crippen molar-refractivity contribution in [3.05, 3.63) is 84.8 Å². The third-order valence-electron chi connectivity index (χ3n) is 3.42. The minimum atomic E-state index is -3.75. The lowest BCUT2D eigenvalue weighted by Gasteiger charge is -2.12. The number of benzene rings is 2. The van der Waals surface area contributed by atoms with E-state index in [0.717, 1.165) is 0 Å². The zero-order valence-electron chi connectivity index (χ0n) is 13.6. The molecule has 1 amide bonds. The van der Waals surface area contributed by atoms with Gasteiger partial charge in [0, 0.05) is 6.08 Å². The number of hydrogen-bond acceptors (Lipinski definition) is 4. The first-order valence-corrected chi connectivity index (χ1v) is 9.22. The van der Waals surface area contributed by atoms with Crippen LogP contribution in [0.15, 0.2) is 88.4 Å². The first-order valence-electron chi connectivity index (χ1n) is 7.74. The van der Waals surface area contributed by atoms with Crippen LogP contribution in [0.4, 0.5) is 11.4 Å². The van der Waals surface area contributed by atoms with Gasteiger partial charge in [0.25, 0.3) is 10.0 Å². The van der Waals surface area contributed by atoms with E-state index in [4.69, 9.17) is 4.42 Å². The summed E-state index contributed by atoms with van der Waals surface area (Å²) >= 11 is 0. The van der Waals surface area contributed by atoms with E-state index in [1.165, 1.54) is 30.5 Å². The predicted molar refractivity (Wildman–Crippen MR) is 100 cm³/mol. The Morgan fingerprint density at radius 2 is 1.58 bits per heavy atom. The predicted octanol–water partition coefficient (Wildman–Crippen LogP) is 3.73. The van der Waals surface area contributed by atoms with Crippen LogP contribution in [0.3, 0.4) is 0 Å². The van der Waals surface area contributed by atoms with Gasteiger partial charge in [-0.3, -0.25) is 9.52 Å². The molecule has 6 nitrogen and oxygen atoms in total. The van der Waals surface area contributed by atoms with Crippen molar-refractivity contribution >= 4 is 33.4 Å². The number of furan rings is 1. The van der Waals surface area contributed by atoms with Gasteiger partial charge in [-0.1, -0.05) is 30.3 Å². The number of carbonyl (C=O) groups is 1. The third-order valence-corrected chi connectivity index (χ3v) is 4.81. The van der Waals surface area contributed by atoms with Gasteiger partial charge in [0.2, 0.25) is 5.91 Å². The first kappa shape index (κ1) is 17.5. The van der Waals surface area contributed by atoms with Gasteiger partial charge in [0.1, 0.15) is 5.76 Å². The van der Waals surface area contributed by atoms with E-state index in [0.29, 0.717) is 11.4 Å². The zero-order valence-corrected chi connectivity index (χ0v) is 14.4. The van der Waals surface area contributed by atoms with Gasteiger partial charge < -0.3 is 9.73 Å². The summed E-state index contributed by atoms with van der Waals surface area (Å²) in [5.41, 5.74) is 0.622. The molecule has 0 aliphatic rings. The Labute approximate surface area is 151 Å². The maximum Gasteiger partial charge on any atom is 0.261 e. The van der Waals surface area contributed by atoms with E-state index in [-0.39, 0.29) is 10.6 Å². The molecular weight excluding hydrogens is 352 g/mol. The summed E-state index contributed by atoms with van der Waals surface area (Å²) in [6.45, 7) is 0. The molecule has 0 saturated carbocycles. The number of hydrogen-bond donors (Lipinski definition) is 2. The van der Waals surface area contributed by atoms with E-state index < -0.39 is 15.9 Å². The Kier molecular flexibility index (Phi) is 5.19. The normalized spacial score (nSPS) is 11.4. The van der Waals surface area contributed by atoms with Crippen molar-refractivity contribution in [3.63, 3.8) is 0 Å². The number of nitrogens with one attached hydrogen (secondary N) is 2. The second kappa shape index (κ2) is 7.71. The molecule has 132 valence electrons. The van der Waals surface area contributed by atoms with Gasteiger partial charge >= 0.3 is 0 Å². The van der Waals surface area contributed by atoms with Gasteiger partial charge in [0.05, 0.1) is 22.5 Å². The van der Waals surface area contributed by atoms with Crippen LogP contribution in [-0.2, 0) is 14.8 Å². The molecule has 26 heavy (non-hydrogen) atoms. The molecule has 0 bridgehead atoms. The Bertz CT molecular complexity index is 1010. The van der Waals surface area contributed by atoms with Crippen LogP contribution < -0.4 is 10.0 Å². The smallest absolute Gasteiger partial charge is 0.261 e. The van der Waals surface area contributed by atoms with Gasteiger partial charge in [-0.15, -0.1) is 0 Å². The summed E-state index contributed by atoms with van der Waals surface area (Å²) in [6, 6.07) is 18.0. The Morgan fingerprint density at radius 3 is 2.27 bits per heavy atom. The standard InChI is InChI=1S/C19H16N2O4S/c22-19(13-12-15-7-6-14-25-15)20-17-10-4-5-11-18(17)21-26(23,24)16-8-2-1-3-9-16/h1-14,21H,(H,20,22)/b13-12+. The summed E-state index contributed by atoms with van der Waals surface area (Å²) in [6.07, 6.45) is 4.33. The molecule has 2 aromatic carbocycles. The number of para-hydroxylation sites is 2. The van der Waals surface area contributed by atoms with Gasteiger partial charge in [0.15, 0.2) is 0 Å². The topological polar surface area (TPSA) is 88.4 Å². The summed E-state index contributed by atoms with van der Waals surface area (Å²) in [7, 11) is -3.75. The van der Waals surface area contributed by atoms with Crippen molar-refractivity contribution in [1.29, 1.82) is 0 Å². The molecule has 0 fully saturated rings. The molecule has 1 aromatic heterocycles. The molecule has 3 rings (SSSR count). The number of rotatable bonds is 6. The average Bonchev–Trinajstić information content (AvgIpc) is 3.16. The third kappa shape index (κ3) is 4.40. The molecular formula is C19H16N2O4S. The largest absolute Gasteiger partial charge is 0.465 e. The highest BCUT2D eigenvalue weighted by atomic mass is 32.2. The van der Waals surface area contributed by atoms with Crippen molar-refractivity contribution in [3.8, 4) is 0 Å². The molecule has 0 aliphatic heterocycles. The SMILES string of the molecule is O=C(/C=C/c1ccco1)Nc1ccccc1NS(=O)(=O)c1ccccc1. The maximum absolute atomic E-state index is 12.5. The Morgan fingerprint density at radius 1 is 0.885 bits per heavy atom. The second-order valence-corrected chi connectivity index (χ2v) is 6.98. The maximum atomic E-state index is 12.5. The monoisotopic (exact) mass is 368 g/mol. The molecule has 0 spiro atoms. The van der Waals surface area contributed by atoms with E-state index in [1.54, 1.807) is 54.6 Å². The van der Waals surface area contributed by atoms with Crippen LogP contribution in [0.1, 0.15) is 5.76 Å². The summed E-state index contributed by atoms with van der Waals surface area (Å²) in [5.74, 6) is 0.131. The molecule has 1 heterocycles. The molecule has 7 heteroatoms. The van der Waals surface area contributed by atoms with Crippen molar-refractivity contribution < 1.29 is 17.6 Å². The number of anilines is 2. The van der Waals surface area contributed by atoms with Crippen LogP contribution in [0.2, 0.25) is 0 Å². The highest BCUT2D eigenvalue weighted by Gasteiger charge is 2.15. The minimum absolute atomic E-state index is 0.138. The Hall–Kier alpha value is -3.32. The lowest BCUT2D eigenvalue weighted by atomic mass is 10.2. The lowest BCUT2D eigenvalue weighted by Crippen LogP contribution is -2.16. The first-order chi connectivity index (χ1) is 12.5. The van der Waals surface area contributed by atoms with Crippen LogP contribution in [0.5, 0.6) is 0 Å². The summed E-state index contributed by atoms with van der Waals surface area (Å²) < 4.78 is 32.5. The minimum Gasteiger partial charge on any atom is -0.465 e. The number of sulfonamides is 1. The van der Waals surface area contributed by atoms with Gasteiger partial charge in [-0.05, 0) is 42.5 Å². The zero-order chi connectivity index (χ0) is 18.4. The van der Waals surface area contributed by atoms with E-state index in [9.17, 15) is 13.2 Å². The van der Waals surface area contributed by atoms with Gasteiger partial charge in [-0.2, -0.15) is 0 Å².